The molecule has 0 aromatic heterocycles. The van der Waals surface area contributed by atoms with E-state index in [4.69, 9.17) is 4.74 Å². The highest BCUT2D eigenvalue weighted by Gasteiger charge is 2.21. The van der Waals surface area contributed by atoms with E-state index in [-0.39, 0.29) is 17.0 Å². The Bertz CT molecular complexity index is 950. The van der Waals surface area contributed by atoms with Crippen LogP contribution in [0.5, 0.6) is 0 Å². The molecular weight excluding hydrogens is 354 g/mol. The lowest BCUT2D eigenvalue weighted by Crippen LogP contribution is -2.27. The third-order valence-electron chi connectivity index (χ3n) is 4.12. The van der Waals surface area contributed by atoms with E-state index in [0.29, 0.717) is 5.56 Å². The molecule has 6 nitrogen and oxygen atoms in total. The number of Topliss-reactive ketones (excluding diaryl/α,β-unsaturated/α-hetero) is 1. The normalized spacial score (nSPS) is 11.1. The predicted molar refractivity (Wildman–Crippen MR) is 100 cm³/mol. The van der Waals surface area contributed by atoms with Crippen molar-refractivity contribution in [2.45, 2.75) is 13.8 Å². The van der Waals surface area contributed by atoms with Crippen molar-refractivity contribution in [3.63, 3.8) is 0 Å². The van der Waals surface area contributed by atoms with Gasteiger partial charge in [0, 0.05) is 12.6 Å². The molecule has 7 heteroatoms. The van der Waals surface area contributed by atoms with Crippen LogP contribution < -0.4 is 4.31 Å². The van der Waals surface area contributed by atoms with Crippen molar-refractivity contribution in [1.29, 1.82) is 0 Å². The maximum Gasteiger partial charge on any atom is 0.340 e. The fraction of sp³-hybridized carbons (Fsp3) is 0.263. The van der Waals surface area contributed by atoms with Gasteiger partial charge in [-0.2, -0.15) is 0 Å². The molecule has 0 aliphatic heterocycles. The minimum atomic E-state index is -3.54. The Labute approximate surface area is 153 Å². The van der Waals surface area contributed by atoms with Crippen LogP contribution in [0.15, 0.2) is 42.5 Å². The first kappa shape index (κ1) is 19.7. The Morgan fingerprint density at radius 2 is 1.69 bits per heavy atom. The zero-order valence-electron chi connectivity index (χ0n) is 15.1. The standard InChI is InChI=1S/C19H21NO5S/c1-13-9-10-15(11-14(13)2)18(21)12-25-19(22)16-7-5-6-8-17(16)20(3)26(4,23)24/h5-11H,12H2,1-4H3. The van der Waals surface area contributed by atoms with Crippen molar-refractivity contribution < 1.29 is 22.7 Å². The number of sulfonamides is 1. The van der Waals surface area contributed by atoms with Gasteiger partial charge in [-0.1, -0.05) is 24.3 Å². The summed E-state index contributed by atoms with van der Waals surface area (Å²) < 4.78 is 29.6. The Kier molecular flexibility index (Phi) is 5.82. The van der Waals surface area contributed by atoms with E-state index in [1.807, 2.05) is 19.9 Å². The number of hydrogen-bond donors (Lipinski definition) is 0. The van der Waals surface area contributed by atoms with Crippen LogP contribution in [-0.4, -0.2) is 40.1 Å². The minimum absolute atomic E-state index is 0.0771. The molecule has 0 N–H and O–H groups in total. The molecule has 0 unspecified atom stereocenters. The average molecular weight is 375 g/mol. The molecule has 0 saturated carbocycles. The van der Waals surface area contributed by atoms with Crippen LogP contribution in [0.25, 0.3) is 0 Å². The van der Waals surface area contributed by atoms with Crippen LogP contribution in [0.3, 0.4) is 0 Å². The van der Waals surface area contributed by atoms with Crippen LogP contribution in [-0.2, 0) is 14.8 Å². The maximum atomic E-state index is 12.4. The molecule has 0 amide bonds. The first-order valence-corrected chi connectivity index (χ1v) is 9.76. The van der Waals surface area contributed by atoms with Gasteiger partial charge in [-0.05, 0) is 43.2 Å². The van der Waals surface area contributed by atoms with Crippen molar-refractivity contribution in [2.24, 2.45) is 0 Å². The second kappa shape index (κ2) is 7.70. The third-order valence-corrected chi connectivity index (χ3v) is 5.32. The molecule has 0 aliphatic carbocycles. The van der Waals surface area contributed by atoms with Crippen LogP contribution in [0.1, 0.15) is 31.8 Å². The lowest BCUT2D eigenvalue weighted by atomic mass is 10.0. The van der Waals surface area contributed by atoms with Gasteiger partial charge in [0.05, 0.1) is 17.5 Å². The molecule has 26 heavy (non-hydrogen) atoms. The van der Waals surface area contributed by atoms with E-state index in [2.05, 4.69) is 0 Å². The van der Waals surface area contributed by atoms with Gasteiger partial charge in [0.25, 0.3) is 0 Å². The van der Waals surface area contributed by atoms with Crippen molar-refractivity contribution in [2.75, 3.05) is 24.2 Å². The van der Waals surface area contributed by atoms with Crippen LogP contribution >= 0.6 is 0 Å². The number of benzene rings is 2. The monoisotopic (exact) mass is 375 g/mol. The second-order valence-electron chi connectivity index (χ2n) is 6.05. The van der Waals surface area contributed by atoms with Gasteiger partial charge < -0.3 is 4.74 Å². The molecule has 138 valence electrons. The van der Waals surface area contributed by atoms with Gasteiger partial charge in [-0.25, -0.2) is 13.2 Å². The van der Waals surface area contributed by atoms with Crippen LogP contribution in [0.4, 0.5) is 5.69 Å². The summed E-state index contributed by atoms with van der Waals surface area (Å²) in [6.45, 7) is 3.42. The minimum Gasteiger partial charge on any atom is -0.454 e. The summed E-state index contributed by atoms with van der Waals surface area (Å²) in [5, 5.41) is 0. The molecule has 0 saturated heterocycles. The van der Waals surface area contributed by atoms with Gasteiger partial charge in [-0.15, -0.1) is 0 Å². The Morgan fingerprint density at radius 1 is 1.04 bits per heavy atom. The first-order valence-electron chi connectivity index (χ1n) is 7.91. The van der Waals surface area contributed by atoms with Crippen molar-refractivity contribution in [3.05, 3.63) is 64.7 Å². The molecule has 0 heterocycles. The summed E-state index contributed by atoms with van der Waals surface area (Å²) in [5.41, 5.74) is 2.77. The zero-order chi connectivity index (χ0) is 19.5. The largest absolute Gasteiger partial charge is 0.454 e. The molecule has 0 radical (unpaired) electrons. The Hall–Kier alpha value is -2.67. The first-order chi connectivity index (χ1) is 12.1. The number of anilines is 1. The topological polar surface area (TPSA) is 80.8 Å². The number of esters is 1. The van der Waals surface area contributed by atoms with Crippen molar-refractivity contribution >= 4 is 27.5 Å². The molecule has 2 aromatic rings. The summed E-state index contributed by atoms with van der Waals surface area (Å²) in [7, 11) is -2.19. The molecule has 2 rings (SSSR count). The summed E-state index contributed by atoms with van der Waals surface area (Å²) in [6.07, 6.45) is 1.04. The number of carbonyl (C=O) groups is 2. The molecule has 0 bridgehead atoms. The molecule has 0 aliphatic rings. The SMILES string of the molecule is Cc1ccc(C(=O)COC(=O)c2ccccc2N(C)S(C)(=O)=O)cc1C. The molecule has 0 spiro atoms. The number of hydrogen-bond acceptors (Lipinski definition) is 5. The van der Waals surface area contributed by atoms with Gasteiger partial charge in [0.15, 0.2) is 12.4 Å². The Balaban J connectivity index is 2.16. The zero-order valence-corrected chi connectivity index (χ0v) is 16.0. The number of nitrogens with zero attached hydrogens (tertiary/aromatic N) is 1. The lowest BCUT2D eigenvalue weighted by Gasteiger charge is -2.19. The number of ether oxygens (including phenoxy) is 1. The van der Waals surface area contributed by atoms with E-state index in [1.54, 1.807) is 24.3 Å². The maximum absolute atomic E-state index is 12.4. The fourth-order valence-corrected chi connectivity index (χ4v) is 2.82. The predicted octanol–water partition coefficient (Wildman–Crippen LogP) is 2.74. The van der Waals surface area contributed by atoms with Crippen LogP contribution in [0.2, 0.25) is 0 Å². The van der Waals surface area contributed by atoms with Gasteiger partial charge in [0.2, 0.25) is 10.0 Å². The number of aryl methyl sites for hydroxylation is 2. The molecule has 2 aromatic carbocycles. The summed E-state index contributed by atoms with van der Waals surface area (Å²) >= 11 is 0. The molecular formula is C19H21NO5S. The lowest BCUT2D eigenvalue weighted by molar-refractivity contribution is 0.0475. The highest BCUT2D eigenvalue weighted by atomic mass is 32.2. The van der Waals surface area contributed by atoms with Gasteiger partial charge in [0.1, 0.15) is 0 Å². The fourth-order valence-electron chi connectivity index (χ4n) is 2.31. The Morgan fingerprint density at radius 3 is 2.31 bits per heavy atom. The summed E-state index contributed by atoms with van der Waals surface area (Å²) in [6, 6.07) is 11.4. The smallest absolute Gasteiger partial charge is 0.340 e. The van der Waals surface area contributed by atoms with E-state index in [9.17, 15) is 18.0 Å². The van der Waals surface area contributed by atoms with Crippen molar-refractivity contribution in [3.8, 4) is 0 Å². The second-order valence-corrected chi connectivity index (χ2v) is 8.06. The number of ketones is 1. The summed E-state index contributed by atoms with van der Waals surface area (Å²) in [4.78, 5) is 24.6. The summed E-state index contributed by atoms with van der Waals surface area (Å²) in [5.74, 6) is -1.08. The van der Waals surface area contributed by atoms with Gasteiger partial charge in [-0.3, -0.25) is 9.10 Å². The van der Waals surface area contributed by atoms with Gasteiger partial charge >= 0.3 is 5.97 Å². The quantitative estimate of drug-likeness (QED) is 0.573. The average Bonchev–Trinajstić information content (AvgIpc) is 2.60. The van der Waals surface area contributed by atoms with E-state index >= 15 is 0 Å². The molecule has 0 fully saturated rings. The third kappa shape index (κ3) is 4.49. The highest BCUT2D eigenvalue weighted by molar-refractivity contribution is 7.92. The van der Waals surface area contributed by atoms with E-state index in [0.717, 1.165) is 21.7 Å². The highest BCUT2D eigenvalue weighted by Crippen LogP contribution is 2.22. The van der Waals surface area contributed by atoms with E-state index in [1.165, 1.54) is 19.2 Å². The number of rotatable bonds is 6. The van der Waals surface area contributed by atoms with Crippen LogP contribution in [0, 0.1) is 13.8 Å². The molecule has 0 atom stereocenters. The van der Waals surface area contributed by atoms with E-state index < -0.39 is 22.6 Å². The number of carbonyl (C=O) groups excluding carboxylic acids is 2. The van der Waals surface area contributed by atoms with Crippen molar-refractivity contribution in [1.82, 2.24) is 0 Å². The number of para-hydroxylation sites is 1.